The van der Waals surface area contributed by atoms with E-state index in [0.29, 0.717) is 12.5 Å². The van der Waals surface area contributed by atoms with Crippen LogP contribution in [0.1, 0.15) is 39.2 Å². The fourth-order valence-corrected chi connectivity index (χ4v) is 4.21. The van der Waals surface area contributed by atoms with E-state index in [1.165, 1.54) is 18.2 Å². The van der Waals surface area contributed by atoms with E-state index in [2.05, 4.69) is 15.6 Å². The number of aliphatic imine (C=N–C) groups is 1. The van der Waals surface area contributed by atoms with E-state index in [0.717, 1.165) is 19.4 Å². The second kappa shape index (κ2) is 9.84. The van der Waals surface area contributed by atoms with Gasteiger partial charge in [0, 0.05) is 38.3 Å². The minimum atomic E-state index is -3.21. The molecule has 1 heterocycles. The average Bonchev–Trinajstić information content (AvgIpc) is 2.63. The molecule has 2 rings (SSSR count). The summed E-state index contributed by atoms with van der Waals surface area (Å²) in [5, 5.41) is 6.34. The lowest BCUT2D eigenvalue weighted by atomic mass is 10.0. The van der Waals surface area contributed by atoms with Crippen LogP contribution in [0.4, 0.5) is 8.78 Å². The first-order chi connectivity index (χ1) is 13.5. The molecule has 0 amide bonds. The Labute approximate surface area is 172 Å². The van der Waals surface area contributed by atoms with E-state index in [1.54, 1.807) is 27.8 Å². The molecular formula is C20H32F2N4O2S. The maximum atomic E-state index is 13.9. The van der Waals surface area contributed by atoms with Gasteiger partial charge in [0.1, 0.15) is 11.6 Å². The minimum absolute atomic E-state index is 0.0144. The predicted molar refractivity (Wildman–Crippen MR) is 113 cm³/mol. The summed E-state index contributed by atoms with van der Waals surface area (Å²) in [5.74, 6) is -0.520. The van der Waals surface area contributed by atoms with Gasteiger partial charge in [-0.3, -0.25) is 9.89 Å². The first-order valence-corrected chi connectivity index (χ1v) is 11.5. The number of nitrogens with zero attached hydrogens (tertiary/aromatic N) is 2. The van der Waals surface area contributed by atoms with Gasteiger partial charge < -0.3 is 10.6 Å². The summed E-state index contributed by atoms with van der Waals surface area (Å²) >= 11 is 0. The molecule has 0 bridgehead atoms. The maximum Gasteiger partial charge on any atom is 0.191 e. The van der Waals surface area contributed by atoms with Crippen LogP contribution in [0.25, 0.3) is 0 Å². The number of piperidine rings is 1. The first-order valence-electron chi connectivity index (χ1n) is 9.88. The molecule has 0 aromatic heterocycles. The molecule has 164 valence electrons. The number of rotatable bonds is 6. The lowest BCUT2D eigenvalue weighted by Gasteiger charge is -2.34. The van der Waals surface area contributed by atoms with Gasteiger partial charge in [-0.25, -0.2) is 17.2 Å². The molecule has 2 N–H and O–H groups in total. The Morgan fingerprint density at radius 2 is 1.93 bits per heavy atom. The zero-order valence-electron chi connectivity index (χ0n) is 17.6. The summed E-state index contributed by atoms with van der Waals surface area (Å²) in [6.45, 7) is 6.92. The number of hydrogen-bond donors (Lipinski definition) is 2. The van der Waals surface area contributed by atoms with Crippen molar-refractivity contribution in [2.45, 2.75) is 50.9 Å². The number of guanidine groups is 1. The lowest BCUT2D eigenvalue weighted by Crippen LogP contribution is -2.51. The number of halogens is 2. The number of benzene rings is 1. The Bertz CT molecular complexity index is 802. The molecule has 9 heteroatoms. The van der Waals surface area contributed by atoms with E-state index < -0.39 is 26.2 Å². The van der Waals surface area contributed by atoms with Gasteiger partial charge in [-0.1, -0.05) is 6.07 Å². The van der Waals surface area contributed by atoms with Gasteiger partial charge in [0.05, 0.1) is 10.5 Å². The third-order valence-corrected chi connectivity index (χ3v) is 7.72. The van der Waals surface area contributed by atoms with Gasteiger partial charge in [-0.2, -0.15) is 0 Å². The van der Waals surface area contributed by atoms with Crippen molar-refractivity contribution in [1.29, 1.82) is 0 Å². The van der Waals surface area contributed by atoms with Crippen LogP contribution in [0.15, 0.2) is 23.2 Å². The Hall–Kier alpha value is -1.74. The molecule has 1 atom stereocenters. The molecule has 1 aliphatic heterocycles. The number of nitrogens with one attached hydrogen (secondary N) is 2. The van der Waals surface area contributed by atoms with Gasteiger partial charge in [-0.05, 0) is 52.3 Å². The molecule has 1 fully saturated rings. The van der Waals surface area contributed by atoms with E-state index in [-0.39, 0.29) is 30.4 Å². The molecule has 1 aromatic carbocycles. The number of sulfone groups is 1. The lowest BCUT2D eigenvalue weighted by molar-refractivity contribution is 0.188. The second-order valence-corrected chi connectivity index (χ2v) is 11.2. The van der Waals surface area contributed by atoms with E-state index in [1.807, 2.05) is 4.90 Å². The predicted octanol–water partition coefficient (Wildman–Crippen LogP) is 2.31. The van der Waals surface area contributed by atoms with Crippen LogP contribution in [0.3, 0.4) is 0 Å². The summed E-state index contributed by atoms with van der Waals surface area (Å²) in [7, 11) is -1.58. The van der Waals surface area contributed by atoms with Crippen LogP contribution in [-0.2, 0) is 16.4 Å². The van der Waals surface area contributed by atoms with Crippen molar-refractivity contribution < 1.29 is 17.2 Å². The molecular weight excluding hydrogens is 398 g/mol. The van der Waals surface area contributed by atoms with E-state index in [4.69, 9.17) is 0 Å². The van der Waals surface area contributed by atoms with Crippen molar-refractivity contribution in [3.05, 3.63) is 35.4 Å². The Kier molecular flexibility index (Phi) is 7.99. The largest absolute Gasteiger partial charge is 0.355 e. The Morgan fingerprint density at radius 1 is 1.28 bits per heavy atom. The fraction of sp³-hybridized carbons (Fsp3) is 0.650. The van der Waals surface area contributed by atoms with Gasteiger partial charge in [0.2, 0.25) is 0 Å². The highest BCUT2D eigenvalue weighted by Crippen LogP contribution is 2.18. The molecule has 0 radical (unpaired) electrons. The van der Waals surface area contributed by atoms with Crippen molar-refractivity contribution in [3.8, 4) is 0 Å². The first kappa shape index (κ1) is 23.5. The Morgan fingerprint density at radius 3 is 2.52 bits per heavy atom. The van der Waals surface area contributed by atoms with Crippen LogP contribution in [0, 0.1) is 11.6 Å². The monoisotopic (exact) mass is 430 g/mol. The van der Waals surface area contributed by atoms with Gasteiger partial charge in [0.15, 0.2) is 15.8 Å². The molecule has 29 heavy (non-hydrogen) atoms. The standard InChI is InChI=1S/C20H32F2N4O2S/c1-20(2,3)29(27,28)12-10-24-19(23-4)25-15-7-6-11-26(13-15)14-16-17(21)8-5-9-18(16)22/h5,8-9,15H,6-7,10-14H2,1-4H3,(H2,23,24,25). The van der Waals surface area contributed by atoms with Crippen molar-refractivity contribution >= 4 is 15.8 Å². The normalized spacial score (nSPS) is 19.2. The zero-order chi connectivity index (χ0) is 21.7. The minimum Gasteiger partial charge on any atom is -0.355 e. The smallest absolute Gasteiger partial charge is 0.191 e. The van der Waals surface area contributed by atoms with E-state index in [9.17, 15) is 17.2 Å². The highest BCUT2D eigenvalue weighted by Gasteiger charge is 2.28. The summed E-state index contributed by atoms with van der Waals surface area (Å²) in [6.07, 6.45) is 1.79. The van der Waals surface area contributed by atoms with Crippen LogP contribution >= 0.6 is 0 Å². The summed E-state index contributed by atoms with van der Waals surface area (Å²) in [6, 6.07) is 3.97. The van der Waals surface area contributed by atoms with Gasteiger partial charge in [0.25, 0.3) is 0 Å². The summed E-state index contributed by atoms with van der Waals surface area (Å²) in [5.41, 5.74) is 0.0862. The topological polar surface area (TPSA) is 73.8 Å². The van der Waals surface area contributed by atoms with Crippen LogP contribution < -0.4 is 10.6 Å². The van der Waals surface area contributed by atoms with Crippen LogP contribution in [0.2, 0.25) is 0 Å². The van der Waals surface area contributed by atoms with Crippen molar-refractivity contribution in [2.24, 2.45) is 4.99 Å². The third-order valence-electron chi connectivity index (χ3n) is 5.11. The highest BCUT2D eigenvalue weighted by atomic mass is 32.2. The molecule has 6 nitrogen and oxygen atoms in total. The molecule has 0 saturated carbocycles. The molecule has 1 saturated heterocycles. The molecule has 0 spiro atoms. The quantitative estimate of drug-likeness (QED) is 0.535. The third kappa shape index (κ3) is 6.64. The Balaban J connectivity index is 1.88. The summed E-state index contributed by atoms with van der Waals surface area (Å²) < 4.78 is 51.5. The van der Waals surface area contributed by atoms with Crippen molar-refractivity contribution in [3.63, 3.8) is 0 Å². The average molecular weight is 431 g/mol. The van der Waals surface area contributed by atoms with Gasteiger partial charge in [-0.15, -0.1) is 0 Å². The van der Waals surface area contributed by atoms with Crippen molar-refractivity contribution in [2.75, 3.05) is 32.4 Å². The highest BCUT2D eigenvalue weighted by molar-refractivity contribution is 7.92. The molecule has 1 aromatic rings. The SMILES string of the molecule is CN=C(NCCS(=O)(=O)C(C)(C)C)NC1CCCN(Cc2c(F)cccc2F)C1. The van der Waals surface area contributed by atoms with Crippen LogP contribution in [-0.4, -0.2) is 62.5 Å². The maximum absolute atomic E-state index is 13.9. The molecule has 1 aliphatic rings. The van der Waals surface area contributed by atoms with Crippen LogP contribution in [0.5, 0.6) is 0 Å². The molecule has 0 aliphatic carbocycles. The number of likely N-dealkylation sites (tertiary alicyclic amines) is 1. The zero-order valence-corrected chi connectivity index (χ0v) is 18.5. The van der Waals surface area contributed by atoms with E-state index >= 15 is 0 Å². The number of hydrogen-bond acceptors (Lipinski definition) is 4. The molecule has 1 unspecified atom stereocenters. The second-order valence-electron chi connectivity index (χ2n) is 8.35. The van der Waals surface area contributed by atoms with Gasteiger partial charge >= 0.3 is 0 Å². The van der Waals surface area contributed by atoms with Crippen molar-refractivity contribution in [1.82, 2.24) is 15.5 Å². The summed E-state index contributed by atoms with van der Waals surface area (Å²) in [4.78, 5) is 6.18. The fourth-order valence-electron chi connectivity index (χ4n) is 3.22.